The molecule has 0 saturated carbocycles. The van der Waals surface area contributed by atoms with Crippen molar-refractivity contribution in [1.29, 1.82) is 0 Å². The molecule has 0 aliphatic heterocycles. The quantitative estimate of drug-likeness (QED) is 0.867. The van der Waals surface area contributed by atoms with E-state index in [1.807, 2.05) is 10.9 Å². The number of nitrogens with zero attached hydrogens (tertiary/aromatic N) is 5. The first-order valence-corrected chi connectivity index (χ1v) is 5.47. The van der Waals surface area contributed by atoms with Gasteiger partial charge in [0.05, 0.1) is 24.5 Å². The van der Waals surface area contributed by atoms with Gasteiger partial charge < -0.3 is 5.32 Å². The van der Waals surface area contributed by atoms with Gasteiger partial charge in [0.25, 0.3) is 0 Å². The second kappa shape index (κ2) is 4.48. The molecule has 2 rings (SSSR count). The van der Waals surface area contributed by atoms with Crippen molar-refractivity contribution in [2.75, 3.05) is 5.32 Å². The molecule has 0 aliphatic rings. The molecule has 2 aromatic rings. The monoisotopic (exact) mass is 232 g/mol. The number of hydrogen-bond donors (Lipinski definition) is 1. The molecule has 0 unspecified atom stereocenters. The van der Waals surface area contributed by atoms with Gasteiger partial charge in [-0.2, -0.15) is 0 Å². The maximum Gasteiger partial charge on any atom is 0.144 e. The molecule has 0 spiro atoms. The van der Waals surface area contributed by atoms with Gasteiger partial charge in [0.2, 0.25) is 0 Å². The topological polar surface area (TPSA) is 68.5 Å². The molecule has 0 amide bonds. The van der Waals surface area contributed by atoms with Gasteiger partial charge in [-0.3, -0.25) is 4.98 Å². The molecule has 6 heteroatoms. The number of hydrogen-bond acceptors (Lipinski definition) is 5. The number of nitrogens with one attached hydrogen (secondary N) is 1. The zero-order valence-electron chi connectivity index (χ0n) is 10.3. The molecular formula is C11H16N6. The zero-order chi connectivity index (χ0) is 12.3. The summed E-state index contributed by atoms with van der Waals surface area (Å²) in [6.07, 6.45) is 6.90. The van der Waals surface area contributed by atoms with Crippen molar-refractivity contribution < 1.29 is 0 Å². The summed E-state index contributed by atoms with van der Waals surface area (Å²) in [7, 11) is 0. The van der Waals surface area contributed by atoms with Gasteiger partial charge in [-0.05, 0) is 20.8 Å². The second-order valence-corrected chi connectivity index (χ2v) is 4.77. The van der Waals surface area contributed by atoms with Gasteiger partial charge in [-0.1, -0.05) is 5.21 Å². The molecule has 0 atom stereocenters. The van der Waals surface area contributed by atoms with E-state index in [1.54, 1.807) is 18.6 Å². The molecular weight excluding hydrogens is 216 g/mol. The molecule has 6 nitrogen and oxygen atoms in total. The summed E-state index contributed by atoms with van der Waals surface area (Å²) >= 11 is 0. The Labute approximate surface area is 100 Å². The molecule has 90 valence electrons. The van der Waals surface area contributed by atoms with Crippen LogP contribution >= 0.6 is 0 Å². The Bertz CT molecular complexity index is 470. The summed E-state index contributed by atoms with van der Waals surface area (Å²) in [5, 5.41) is 11.3. The maximum atomic E-state index is 4.12. The van der Waals surface area contributed by atoms with E-state index in [1.165, 1.54) is 0 Å². The van der Waals surface area contributed by atoms with Gasteiger partial charge in [0, 0.05) is 12.4 Å². The Hall–Kier alpha value is -1.98. The molecule has 1 N–H and O–H groups in total. The van der Waals surface area contributed by atoms with E-state index in [-0.39, 0.29) is 5.54 Å². The molecule has 2 aromatic heterocycles. The lowest BCUT2D eigenvalue weighted by molar-refractivity contribution is 0.347. The average Bonchev–Trinajstić information content (AvgIpc) is 2.76. The van der Waals surface area contributed by atoms with Crippen molar-refractivity contribution in [3.05, 3.63) is 30.5 Å². The Morgan fingerprint density at radius 3 is 2.71 bits per heavy atom. The van der Waals surface area contributed by atoms with Gasteiger partial charge in [-0.25, -0.2) is 9.67 Å². The van der Waals surface area contributed by atoms with Crippen LogP contribution in [-0.4, -0.2) is 25.0 Å². The fraction of sp³-hybridized carbons (Fsp3) is 0.455. The van der Waals surface area contributed by atoms with Crippen LogP contribution in [0.3, 0.4) is 0 Å². The summed E-state index contributed by atoms with van der Waals surface area (Å²) < 4.78 is 1.85. The smallest absolute Gasteiger partial charge is 0.144 e. The van der Waals surface area contributed by atoms with Gasteiger partial charge in [-0.15, -0.1) is 5.10 Å². The first-order chi connectivity index (χ1) is 8.05. The molecule has 17 heavy (non-hydrogen) atoms. The van der Waals surface area contributed by atoms with Crippen molar-refractivity contribution in [2.24, 2.45) is 0 Å². The Morgan fingerprint density at radius 2 is 2.12 bits per heavy atom. The van der Waals surface area contributed by atoms with Crippen LogP contribution in [0.25, 0.3) is 0 Å². The first kappa shape index (κ1) is 11.5. The molecule has 0 saturated heterocycles. The van der Waals surface area contributed by atoms with Crippen LogP contribution in [0.5, 0.6) is 0 Å². The highest BCUT2D eigenvalue weighted by Crippen LogP contribution is 2.12. The second-order valence-electron chi connectivity index (χ2n) is 4.77. The maximum absolute atomic E-state index is 4.12. The SMILES string of the molecule is CC(C)(C)n1cc(CNc2cnccn2)nn1. The van der Waals surface area contributed by atoms with E-state index < -0.39 is 0 Å². The molecule has 0 fully saturated rings. The van der Waals surface area contributed by atoms with Crippen molar-refractivity contribution in [1.82, 2.24) is 25.0 Å². The van der Waals surface area contributed by atoms with Crippen molar-refractivity contribution in [3.63, 3.8) is 0 Å². The Morgan fingerprint density at radius 1 is 1.29 bits per heavy atom. The lowest BCUT2D eigenvalue weighted by atomic mass is 10.1. The van der Waals surface area contributed by atoms with E-state index in [0.29, 0.717) is 6.54 Å². The number of aromatic nitrogens is 5. The minimum Gasteiger partial charge on any atom is -0.363 e. The van der Waals surface area contributed by atoms with E-state index in [0.717, 1.165) is 11.5 Å². The number of anilines is 1. The van der Waals surface area contributed by atoms with Crippen LogP contribution in [0.2, 0.25) is 0 Å². The Kier molecular flexibility index (Phi) is 3.03. The highest BCUT2D eigenvalue weighted by molar-refractivity contribution is 5.30. The average molecular weight is 232 g/mol. The zero-order valence-corrected chi connectivity index (χ0v) is 10.3. The molecule has 0 aliphatic carbocycles. The van der Waals surface area contributed by atoms with Crippen LogP contribution in [0, 0.1) is 0 Å². The fourth-order valence-corrected chi connectivity index (χ4v) is 1.28. The van der Waals surface area contributed by atoms with Crippen molar-refractivity contribution in [3.8, 4) is 0 Å². The first-order valence-electron chi connectivity index (χ1n) is 5.47. The van der Waals surface area contributed by atoms with Crippen LogP contribution in [0.15, 0.2) is 24.8 Å². The lowest BCUT2D eigenvalue weighted by Crippen LogP contribution is -2.22. The van der Waals surface area contributed by atoms with Crippen molar-refractivity contribution in [2.45, 2.75) is 32.9 Å². The van der Waals surface area contributed by atoms with Crippen LogP contribution in [0.1, 0.15) is 26.5 Å². The van der Waals surface area contributed by atoms with Crippen LogP contribution < -0.4 is 5.32 Å². The summed E-state index contributed by atoms with van der Waals surface area (Å²) in [6.45, 7) is 6.85. The van der Waals surface area contributed by atoms with Crippen molar-refractivity contribution >= 4 is 5.82 Å². The van der Waals surface area contributed by atoms with Gasteiger partial charge in [0.1, 0.15) is 11.5 Å². The summed E-state index contributed by atoms with van der Waals surface area (Å²) in [5.41, 5.74) is 0.836. The summed E-state index contributed by atoms with van der Waals surface area (Å²) in [6, 6.07) is 0. The van der Waals surface area contributed by atoms with E-state index in [4.69, 9.17) is 0 Å². The third kappa shape index (κ3) is 2.99. The summed E-state index contributed by atoms with van der Waals surface area (Å²) in [5.74, 6) is 0.734. The Balaban J connectivity index is 1.99. The van der Waals surface area contributed by atoms with E-state index >= 15 is 0 Å². The van der Waals surface area contributed by atoms with E-state index in [9.17, 15) is 0 Å². The third-order valence-corrected chi connectivity index (χ3v) is 2.24. The lowest BCUT2D eigenvalue weighted by Gasteiger charge is -2.17. The molecule has 2 heterocycles. The predicted molar refractivity (Wildman–Crippen MR) is 64.4 cm³/mol. The largest absolute Gasteiger partial charge is 0.363 e. The van der Waals surface area contributed by atoms with Gasteiger partial charge >= 0.3 is 0 Å². The van der Waals surface area contributed by atoms with Crippen LogP contribution in [0.4, 0.5) is 5.82 Å². The normalized spacial score (nSPS) is 11.5. The standard InChI is InChI=1S/C11H16N6/c1-11(2,3)17-8-9(15-16-17)6-14-10-7-12-4-5-13-10/h4-5,7-8H,6H2,1-3H3,(H,13,14). The molecule has 0 radical (unpaired) electrons. The van der Waals surface area contributed by atoms with Gasteiger partial charge in [0.15, 0.2) is 0 Å². The highest BCUT2D eigenvalue weighted by atomic mass is 15.4. The molecule has 0 bridgehead atoms. The fourth-order valence-electron chi connectivity index (χ4n) is 1.28. The predicted octanol–water partition coefficient (Wildman–Crippen LogP) is 1.44. The number of rotatable bonds is 3. The van der Waals surface area contributed by atoms with E-state index in [2.05, 4.69) is 46.4 Å². The van der Waals surface area contributed by atoms with Crippen LogP contribution in [-0.2, 0) is 12.1 Å². The molecule has 0 aromatic carbocycles. The minimum atomic E-state index is -0.0438. The highest BCUT2D eigenvalue weighted by Gasteiger charge is 2.14. The summed E-state index contributed by atoms with van der Waals surface area (Å²) in [4.78, 5) is 8.10. The minimum absolute atomic E-state index is 0.0438. The third-order valence-electron chi connectivity index (χ3n) is 2.24.